The molecular weight excluding hydrogens is 330 g/mol. The zero-order valence-corrected chi connectivity index (χ0v) is 15.0. The highest BCUT2D eigenvalue weighted by Crippen LogP contribution is 2.36. The summed E-state index contributed by atoms with van der Waals surface area (Å²) >= 11 is 0. The standard InChI is InChI=1S/C19H19N5O2/c1-9-13(5-6-16(20)21-9)14-7-12(17-10(2)23-26-11(17)3)8-15-18(14)24(4)19(25)22-15/h5-8H,1-4H3,(H2,20,21)(H,22,25). The zero-order chi connectivity index (χ0) is 18.6. The summed E-state index contributed by atoms with van der Waals surface area (Å²) in [6.45, 7) is 5.69. The Kier molecular flexibility index (Phi) is 3.47. The second kappa shape index (κ2) is 5.59. The number of aryl methyl sites for hydroxylation is 4. The predicted octanol–water partition coefficient (Wildman–Crippen LogP) is 3.09. The van der Waals surface area contributed by atoms with Crippen LogP contribution in [-0.4, -0.2) is 19.7 Å². The van der Waals surface area contributed by atoms with Crippen LogP contribution in [0.2, 0.25) is 0 Å². The molecule has 7 nitrogen and oxygen atoms in total. The van der Waals surface area contributed by atoms with E-state index in [9.17, 15) is 4.79 Å². The fourth-order valence-electron chi connectivity index (χ4n) is 3.50. The molecule has 0 saturated heterocycles. The summed E-state index contributed by atoms with van der Waals surface area (Å²) in [5.41, 5.74) is 12.5. The second-order valence-corrected chi connectivity index (χ2v) is 6.48. The topological polar surface area (TPSA) is 103 Å². The minimum absolute atomic E-state index is 0.168. The Labute approximate surface area is 149 Å². The molecular formula is C19H19N5O2. The first-order valence-electron chi connectivity index (χ1n) is 8.26. The number of nitrogen functional groups attached to an aromatic ring is 1. The highest BCUT2D eigenvalue weighted by molar-refractivity contribution is 5.97. The van der Waals surface area contributed by atoms with Crippen LogP contribution in [0.1, 0.15) is 17.1 Å². The summed E-state index contributed by atoms with van der Waals surface area (Å²) < 4.78 is 6.93. The van der Waals surface area contributed by atoms with Crippen LogP contribution in [0.4, 0.5) is 5.82 Å². The van der Waals surface area contributed by atoms with Crippen LogP contribution >= 0.6 is 0 Å². The number of aromatic nitrogens is 4. The third kappa shape index (κ3) is 2.32. The highest BCUT2D eigenvalue weighted by Gasteiger charge is 2.18. The monoisotopic (exact) mass is 349 g/mol. The van der Waals surface area contributed by atoms with E-state index in [0.29, 0.717) is 5.82 Å². The molecule has 7 heteroatoms. The molecule has 4 rings (SSSR count). The maximum Gasteiger partial charge on any atom is 0.326 e. The molecule has 26 heavy (non-hydrogen) atoms. The van der Waals surface area contributed by atoms with Crippen molar-refractivity contribution in [2.24, 2.45) is 7.05 Å². The van der Waals surface area contributed by atoms with Crippen molar-refractivity contribution in [3.05, 3.63) is 51.9 Å². The molecule has 3 aromatic heterocycles. The lowest BCUT2D eigenvalue weighted by Gasteiger charge is -2.11. The van der Waals surface area contributed by atoms with Crippen LogP contribution in [0, 0.1) is 20.8 Å². The largest absolute Gasteiger partial charge is 0.384 e. The van der Waals surface area contributed by atoms with Crippen molar-refractivity contribution in [1.82, 2.24) is 19.7 Å². The number of nitrogens with two attached hydrogens (primary N) is 1. The molecule has 3 heterocycles. The first-order valence-corrected chi connectivity index (χ1v) is 8.26. The summed E-state index contributed by atoms with van der Waals surface area (Å²) in [6.07, 6.45) is 0. The van der Waals surface area contributed by atoms with Crippen molar-refractivity contribution < 1.29 is 4.52 Å². The van der Waals surface area contributed by atoms with Gasteiger partial charge < -0.3 is 15.2 Å². The van der Waals surface area contributed by atoms with Crippen molar-refractivity contribution >= 4 is 16.9 Å². The molecule has 3 N–H and O–H groups in total. The number of aromatic amines is 1. The number of anilines is 1. The van der Waals surface area contributed by atoms with E-state index in [1.54, 1.807) is 17.7 Å². The molecule has 0 aliphatic heterocycles. The predicted molar refractivity (Wildman–Crippen MR) is 101 cm³/mol. The molecule has 0 spiro atoms. The van der Waals surface area contributed by atoms with Crippen molar-refractivity contribution in [1.29, 1.82) is 0 Å². The molecule has 0 saturated carbocycles. The number of H-pyrrole nitrogens is 1. The van der Waals surface area contributed by atoms with Gasteiger partial charge in [-0.2, -0.15) is 0 Å². The lowest BCUT2D eigenvalue weighted by molar-refractivity contribution is 0.393. The van der Waals surface area contributed by atoms with E-state index < -0.39 is 0 Å². The van der Waals surface area contributed by atoms with E-state index in [1.807, 2.05) is 39.0 Å². The van der Waals surface area contributed by atoms with Gasteiger partial charge in [-0.25, -0.2) is 9.78 Å². The molecule has 0 amide bonds. The van der Waals surface area contributed by atoms with Gasteiger partial charge in [-0.05, 0) is 50.6 Å². The highest BCUT2D eigenvalue weighted by atomic mass is 16.5. The Morgan fingerprint density at radius 2 is 1.88 bits per heavy atom. The number of benzene rings is 1. The van der Waals surface area contributed by atoms with E-state index in [0.717, 1.165) is 50.4 Å². The molecule has 1 aromatic carbocycles. The van der Waals surface area contributed by atoms with Gasteiger partial charge in [0.15, 0.2) is 0 Å². The molecule has 0 bridgehead atoms. The summed E-state index contributed by atoms with van der Waals surface area (Å²) in [4.78, 5) is 19.5. The Morgan fingerprint density at radius 3 is 2.54 bits per heavy atom. The maximum atomic E-state index is 12.2. The lowest BCUT2D eigenvalue weighted by Crippen LogP contribution is -2.12. The molecule has 0 aliphatic rings. The van der Waals surface area contributed by atoms with Gasteiger partial charge in [0.1, 0.15) is 11.6 Å². The minimum atomic E-state index is -0.168. The van der Waals surface area contributed by atoms with Gasteiger partial charge in [-0.1, -0.05) is 5.16 Å². The van der Waals surface area contributed by atoms with Crippen LogP contribution in [0.3, 0.4) is 0 Å². The van der Waals surface area contributed by atoms with Crippen LogP contribution in [-0.2, 0) is 7.05 Å². The molecule has 0 fully saturated rings. The zero-order valence-electron chi connectivity index (χ0n) is 15.0. The van der Waals surface area contributed by atoms with Gasteiger partial charge in [0, 0.05) is 29.4 Å². The SMILES string of the molecule is Cc1nc(N)ccc1-c1cc(-c2c(C)noc2C)cc2[nH]c(=O)n(C)c12. The van der Waals surface area contributed by atoms with Gasteiger partial charge in [-0.15, -0.1) is 0 Å². The second-order valence-electron chi connectivity index (χ2n) is 6.48. The normalized spacial score (nSPS) is 11.4. The van der Waals surface area contributed by atoms with Crippen LogP contribution in [0.25, 0.3) is 33.3 Å². The molecule has 0 atom stereocenters. The summed E-state index contributed by atoms with van der Waals surface area (Å²) in [5, 5.41) is 4.05. The minimum Gasteiger partial charge on any atom is -0.384 e. The number of pyridine rings is 1. The maximum absolute atomic E-state index is 12.2. The number of nitrogens with zero attached hydrogens (tertiary/aromatic N) is 3. The van der Waals surface area contributed by atoms with Crippen molar-refractivity contribution in [2.45, 2.75) is 20.8 Å². The first kappa shape index (κ1) is 16.1. The number of rotatable bonds is 2. The van der Waals surface area contributed by atoms with E-state index in [4.69, 9.17) is 10.3 Å². The fraction of sp³-hybridized carbons (Fsp3) is 0.211. The quantitative estimate of drug-likeness (QED) is 0.579. The van der Waals surface area contributed by atoms with E-state index in [-0.39, 0.29) is 5.69 Å². The first-order chi connectivity index (χ1) is 12.4. The molecule has 4 aromatic rings. The Balaban J connectivity index is 2.12. The summed E-state index contributed by atoms with van der Waals surface area (Å²) in [6, 6.07) is 7.69. The smallest absolute Gasteiger partial charge is 0.326 e. The van der Waals surface area contributed by atoms with E-state index in [1.165, 1.54) is 0 Å². The van der Waals surface area contributed by atoms with Gasteiger partial charge in [-0.3, -0.25) is 4.57 Å². The number of imidazole rings is 1. The van der Waals surface area contributed by atoms with Crippen molar-refractivity contribution in [3.63, 3.8) is 0 Å². The third-order valence-corrected chi connectivity index (χ3v) is 4.71. The van der Waals surface area contributed by atoms with Gasteiger partial charge in [0.2, 0.25) is 0 Å². The van der Waals surface area contributed by atoms with Crippen LogP contribution in [0.5, 0.6) is 0 Å². The average Bonchev–Trinajstić information content (AvgIpc) is 3.06. The number of hydrogen-bond donors (Lipinski definition) is 2. The fourth-order valence-corrected chi connectivity index (χ4v) is 3.50. The van der Waals surface area contributed by atoms with Gasteiger partial charge >= 0.3 is 5.69 Å². The number of nitrogens with one attached hydrogen (secondary N) is 1. The van der Waals surface area contributed by atoms with Gasteiger partial charge in [0.25, 0.3) is 0 Å². The third-order valence-electron chi connectivity index (χ3n) is 4.71. The summed E-state index contributed by atoms with van der Waals surface area (Å²) in [5.74, 6) is 1.20. The Bertz CT molecular complexity index is 1190. The lowest BCUT2D eigenvalue weighted by atomic mass is 9.96. The van der Waals surface area contributed by atoms with Gasteiger partial charge in [0.05, 0.1) is 16.7 Å². The Morgan fingerprint density at radius 1 is 1.12 bits per heavy atom. The van der Waals surface area contributed by atoms with E-state index in [2.05, 4.69) is 15.1 Å². The number of hydrogen-bond acceptors (Lipinski definition) is 5. The Hall–Kier alpha value is -3.35. The molecule has 132 valence electrons. The average molecular weight is 349 g/mol. The molecule has 0 aliphatic carbocycles. The molecule has 0 radical (unpaired) electrons. The van der Waals surface area contributed by atoms with E-state index >= 15 is 0 Å². The van der Waals surface area contributed by atoms with Crippen molar-refractivity contribution in [3.8, 4) is 22.3 Å². The van der Waals surface area contributed by atoms with Crippen LogP contribution in [0.15, 0.2) is 33.6 Å². The summed E-state index contributed by atoms with van der Waals surface area (Å²) in [7, 11) is 1.75. The molecule has 0 unspecified atom stereocenters. The van der Waals surface area contributed by atoms with Crippen molar-refractivity contribution in [2.75, 3.05) is 5.73 Å². The number of fused-ring (bicyclic) bond motifs is 1. The van der Waals surface area contributed by atoms with Crippen LogP contribution < -0.4 is 11.4 Å².